The number of benzene rings is 2. The van der Waals surface area contributed by atoms with Crippen LogP contribution in [0.2, 0.25) is 5.02 Å². The Balaban J connectivity index is 2.24. The van der Waals surface area contributed by atoms with Gasteiger partial charge in [-0.05, 0) is 36.8 Å². The number of nitrogens with zero attached hydrogens (tertiary/aromatic N) is 2. The lowest BCUT2D eigenvalue weighted by atomic mass is 9.98. The van der Waals surface area contributed by atoms with Gasteiger partial charge in [-0.3, -0.25) is 0 Å². The average molecular weight is 338 g/mol. The lowest BCUT2D eigenvalue weighted by Crippen LogP contribution is -2.00. The molecule has 0 aliphatic rings. The van der Waals surface area contributed by atoms with E-state index in [0.29, 0.717) is 16.8 Å². The fraction of sp³-hybridized carbons (Fsp3) is 0.0526. The van der Waals surface area contributed by atoms with Crippen molar-refractivity contribution in [2.24, 2.45) is 0 Å². The summed E-state index contributed by atoms with van der Waals surface area (Å²) >= 11 is 5.74. The molecule has 118 valence electrons. The SMILES string of the molecule is Cc1cccc(-c2cc(-c3ccc(Cl)c(F)c3)c(C#N)c(N)n2)c1. The molecule has 5 heteroatoms. The van der Waals surface area contributed by atoms with Crippen molar-refractivity contribution >= 4 is 17.4 Å². The molecule has 3 nitrogen and oxygen atoms in total. The van der Waals surface area contributed by atoms with Crippen LogP contribution in [0, 0.1) is 24.1 Å². The summed E-state index contributed by atoms with van der Waals surface area (Å²) in [5.74, 6) is -0.438. The molecule has 0 aliphatic heterocycles. The van der Waals surface area contributed by atoms with Crippen LogP contribution in [0.25, 0.3) is 22.4 Å². The van der Waals surface area contributed by atoms with Crippen LogP contribution in [0.3, 0.4) is 0 Å². The maximum atomic E-state index is 13.8. The van der Waals surface area contributed by atoms with E-state index in [-0.39, 0.29) is 16.4 Å². The average Bonchev–Trinajstić information content (AvgIpc) is 2.56. The van der Waals surface area contributed by atoms with Crippen molar-refractivity contribution in [3.63, 3.8) is 0 Å². The molecular weight excluding hydrogens is 325 g/mol. The van der Waals surface area contributed by atoms with Crippen LogP contribution < -0.4 is 5.73 Å². The van der Waals surface area contributed by atoms with Crippen molar-refractivity contribution in [2.75, 3.05) is 5.73 Å². The number of halogens is 2. The van der Waals surface area contributed by atoms with Gasteiger partial charge < -0.3 is 5.73 Å². The smallest absolute Gasteiger partial charge is 0.142 e. The summed E-state index contributed by atoms with van der Waals surface area (Å²) in [4.78, 5) is 4.32. The van der Waals surface area contributed by atoms with Gasteiger partial charge in [0.25, 0.3) is 0 Å². The maximum Gasteiger partial charge on any atom is 0.142 e. The van der Waals surface area contributed by atoms with Crippen LogP contribution in [0.1, 0.15) is 11.1 Å². The van der Waals surface area contributed by atoms with Crippen molar-refractivity contribution in [3.05, 3.63) is 70.5 Å². The minimum absolute atomic E-state index is 0.0261. The van der Waals surface area contributed by atoms with Gasteiger partial charge in [0.1, 0.15) is 23.3 Å². The van der Waals surface area contributed by atoms with Gasteiger partial charge in [-0.25, -0.2) is 9.37 Å². The molecule has 3 rings (SSSR count). The second-order valence-electron chi connectivity index (χ2n) is 5.43. The lowest BCUT2D eigenvalue weighted by Gasteiger charge is -2.11. The van der Waals surface area contributed by atoms with E-state index < -0.39 is 5.82 Å². The molecule has 0 unspecified atom stereocenters. The second kappa shape index (κ2) is 6.31. The number of aromatic nitrogens is 1. The molecule has 0 saturated heterocycles. The fourth-order valence-electron chi connectivity index (χ4n) is 2.53. The van der Waals surface area contributed by atoms with E-state index in [9.17, 15) is 9.65 Å². The number of nitrogen functional groups attached to an aromatic ring is 1. The van der Waals surface area contributed by atoms with Crippen molar-refractivity contribution in [3.8, 4) is 28.5 Å². The Bertz CT molecular complexity index is 977. The number of pyridine rings is 1. The summed E-state index contributed by atoms with van der Waals surface area (Å²) in [7, 11) is 0. The highest BCUT2D eigenvalue weighted by Crippen LogP contribution is 2.32. The van der Waals surface area contributed by atoms with Crippen LogP contribution in [0.4, 0.5) is 10.2 Å². The van der Waals surface area contributed by atoms with Crippen LogP contribution in [0.15, 0.2) is 48.5 Å². The summed E-state index contributed by atoms with van der Waals surface area (Å²) < 4.78 is 13.8. The number of hydrogen-bond acceptors (Lipinski definition) is 3. The Morgan fingerprint density at radius 2 is 1.92 bits per heavy atom. The molecule has 0 fully saturated rings. The van der Waals surface area contributed by atoms with E-state index >= 15 is 0 Å². The number of nitriles is 1. The summed E-state index contributed by atoms with van der Waals surface area (Å²) in [5, 5.41) is 9.43. The van der Waals surface area contributed by atoms with Crippen LogP contribution in [0.5, 0.6) is 0 Å². The Morgan fingerprint density at radius 1 is 1.12 bits per heavy atom. The predicted molar refractivity (Wildman–Crippen MR) is 93.9 cm³/mol. The maximum absolute atomic E-state index is 13.8. The molecule has 0 amide bonds. The van der Waals surface area contributed by atoms with E-state index in [0.717, 1.165) is 11.1 Å². The zero-order chi connectivity index (χ0) is 17.3. The molecule has 0 atom stereocenters. The molecule has 0 spiro atoms. The molecule has 0 radical (unpaired) electrons. The topological polar surface area (TPSA) is 62.7 Å². The van der Waals surface area contributed by atoms with Gasteiger partial charge in [0.15, 0.2) is 0 Å². The first-order valence-corrected chi connectivity index (χ1v) is 7.60. The molecule has 0 bridgehead atoms. The monoisotopic (exact) mass is 337 g/mol. The number of aryl methyl sites for hydroxylation is 1. The molecule has 1 aromatic heterocycles. The zero-order valence-electron chi connectivity index (χ0n) is 12.8. The van der Waals surface area contributed by atoms with E-state index in [2.05, 4.69) is 4.98 Å². The van der Waals surface area contributed by atoms with Gasteiger partial charge in [-0.2, -0.15) is 5.26 Å². The second-order valence-corrected chi connectivity index (χ2v) is 5.83. The van der Waals surface area contributed by atoms with Crippen molar-refractivity contribution < 1.29 is 4.39 Å². The Kier molecular flexibility index (Phi) is 4.20. The highest BCUT2D eigenvalue weighted by atomic mass is 35.5. The van der Waals surface area contributed by atoms with Gasteiger partial charge in [0, 0.05) is 11.1 Å². The summed E-state index contributed by atoms with van der Waals surface area (Å²) in [6.07, 6.45) is 0. The first-order valence-electron chi connectivity index (χ1n) is 7.22. The Labute approximate surface area is 144 Å². The van der Waals surface area contributed by atoms with Gasteiger partial charge in [-0.15, -0.1) is 0 Å². The highest BCUT2D eigenvalue weighted by Gasteiger charge is 2.14. The molecule has 2 aromatic carbocycles. The summed E-state index contributed by atoms with van der Waals surface area (Å²) in [6, 6.07) is 16.0. The minimum Gasteiger partial charge on any atom is -0.383 e. The number of rotatable bonds is 2. The first-order chi connectivity index (χ1) is 11.5. The molecule has 0 aliphatic carbocycles. The van der Waals surface area contributed by atoms with Gasteiger partial charge in [-0.1, -0.05) is 41.4 Å². The third-order valence-corrected chi connectivity index (χ3v) is 4.01. The standard InChI is InChI=1S/C19H13ClFN3/c1-11-3-2-4-13(7-11)18-9-14(15(10-22)19(23)24-18)12-5-6-16(20)17(21)8-12/h2-9H,1H3,(H2,23,24). The molecule has 0 saturated carbocycles. The van der Waals surface area contributed by atoms with Gasteiger partial charge >= 0.3 is 0 Å². The van der Waals surface area contributed by atoms with Crippen LogP contribution >= 0.6 is 11.6 Å². The largest absolute Gasteiger partial charge is 0.383 e. The lowest BCUT2D eigenvalue weighted by molar-refractivity contribution is 0.629. The molecule has 2 N–H and O–H groups in total. The third kappa shape index (κ3) is 2.94. The van der Waals surface area contributed by atoms with Crippen LogP contribution in [-0.4, -0.2) is 4.98 Å². The van der Waals surface area contributed by atoms with E-state index in [1.165, 1.54) is 12.1 Å². The quantitative estimate of drug-likeness (QED) is 0.718. The number of hydrogen-bond donors (Lipinski definition) is 1. The molecule has 3 aromatic rings. The van der Waals surface area contributed by atoms with Crippen LogP contribution in [-0.2, 0) is 0 Å². The Hall–Kier alpha value is -2.90. The number of nitrogens with two attached hydrogens (primary N) is 1. The normalized spacial score (nSPS) is 10.4. The first kappa shape index (κ1) is 16.0. The molecule has 24 heavy (non-hydrogen) atoms. The predicted octanol–water partition coefficient (Wildman–Crippen LogP) is 4.97. The molecular formula is C19H13ClFN3. The summed E-state index contributed by atoms with van der Waals surface area (Å²) in [5.41, 5.74) is 9.81. The minimum atomic E-state index is -0.550. The third-order valence-electron chi connectivity index (χ3n) is 3.70. The zero-order valence-corrected chi connectivity index (χ0v) is 13.6. The Morgan fingerprint density at radius 3 is 2.58 bits per heavy atom. The van der Waals surface area contributed by atoms with E-state index in [1.54, 1.807) is 12.1 Å². The highest BCUT2D eigenvalue weighted by molar-refractivity contribution is 6.30. The van der Waals surface area contributed by atoms with Gasteiger partial charge in [0.05, 0.1) is 10.7 Å². The summed E-state index contributed by atoms with van der Waals surface area (Å²) in [6.45, 7) is 1.98. The molecule has 1 heterocycles. The van der Waals surface area contributed by atoms with Gasteiger partial charge in [0.2, 0.25) is 0 Å². The number of anilines is 1. The van der Waals surface area contributed by atoms with Crippen molar-refractivity contribution in [2.45, 2.75) is 6.92 Å². The van der Waals surface area contributed by atoms with Crippen molar-refractivity contribution in [1.82, 2.24) is 4.98 Å². The fourth-order valence-corrected chi connectivity index (χ4v) is 2.64. The van der Waals surface area contributed by atoms with E-state index in [4.69, 9.17) is 17.3 Å². The van der Waals surface area contributed by atoms with Crippen molar-refractivity contribution in [1.29, 1.82) is 5.26 Å². The van der Waals surface area contributed by atoms with E-state index in [1.807, 2.05) is 37.3 Å².